The number of hydrogen-bond donors (Lipinski definition) is 2. The minimum atomic E-state index is 0.308. The van der Waals surface area contributed by atoms with Crippen molar-refractivity contribution in [3.8, 4) is 0 Å². The van der Waals surface area contributed by atoms with E-state index in [-0.39, 0.29) is 0 Å². The highest BCUT2D eigenvalue weighted by atomic mass is 32.1. The van der Waals surface area contributed by atoms with Crippen LogP contribution < -0.4 is 16.0 Å². The smallest absolute Gasteiger partial charge is 0.168 e. The third kappa shape index (κ3) is 3.33. The van der Waals surface area contributed by atoms with Gasteiger partial charge in [0, 0.05) is 24.5 Å². The second kappa shape index (κ2) is 5.87. The summed E-state index contributed by atoms with van der Waals surface area (Å²) in [5, 5.41) is 3.32. The van der Waals surface area contributed by atoms with Crippen molar-refractivity contribution >= 4 is 28.7 Å². The Labute approximate surface area is 109 Å². The minimum absolute atomic E-state index is 0.308. The third-order valence-electron chi connectivity index (χ3n) is 2.90. The number of aryl methyl sites for hydroxylation is 2. The highest BCUT2D eigenvalue weighted by molar-refractivity contribution is 7.80. The van der Waals surface area contributed by atoms with Crippen molar-refractivity contribution in [3.05, 3.63) is 23.3 Å². The maximum absolute atomic E-state index is 5.50. The quantitative estimate of drug-likeness (QED) is 0.807. The van der Waals surface area contributed by atoms with E-state index in [2.05, 4.69) is 50.0 Å². The number of nitrogens with zero attached hydrogens (tertiary/aromatic N) is 1. The van der Waals surface area contributed by atoms with Crippen LogP contribution >= 0.6 is 12.2 Å². The predicted molar refractivity (Wildman–Crippen MR) is 79.9 cm³/mol. The van der Waals surface area contributed by atoms with Crippen LogP contribution in [0, 0.1) is 13.8 Å². The molecular formula is C13H21N3S. The molecule has 0 bridgehead atoms. The normalized spacial score (nSPS) is 10.1. The van der Waals surface area contributed by atoms with Crippen LogP contribution in [0.25, 0.3) is 0 Å². The van der Waals surface area contributed by atoms with E-state index in [1.807, 2.05) is 0 Å². The molecule has 4 heteroatoms. The van der Waals surface area contributed by atoms with Crippen LogP contribution in [0.5, 0.6) is 0 Å². The monoisotopic (exact) mass is 251 g/mol. The standard InChI is InChI=1S/C13H21N3S/c1-5-16(6-2)12-8-9(3)11(7-10(12)4)15-13(14)17/h7-8H,5-6H2,1-4H3,(H3,14,15,17). The molecule has 0 fully saturated rings. The van der Waals surface area contributed by atoms with Crippen LogP contribution in [0.2, 0.25) is 0 Å². The Morgan fingerprint density at radius 3 is 2.29 bits per heavy atom. The third-order valence-corrected chi connectivity index (χ3v) is 3.01. The molecule has 0 saturated carbocycles. The molecule has 0 amide bonds. The molecule has 0 unspecified atom stereocenters. The molecule has 3 nitrogen and oxygen atoms in total. The van der Waals surface area contributed by atoms with Crippen molar-refractivity contribution in [2.45, 2.75) is 27.7 Å². The zero-order valence-electron chi connectivity index (χ0n) is 11.0. The first-order valence-corrected chi connectivity index (χ1v) is 6.33. The van der Waals surface area contributed by atoms with Crippen LogP contribution in [0.1, 0.15) is 25.0 Å². The fourth-order valence-corrected chi connectivity index (χ4v) is 2.08. The van der Waals surface area contributed by atoms with Crippen molar-refractivity contribution in [2.75, 3.05) is 23.3 Å². The van der Waals surface area contributed by atoms with E-state index in [4.69, 9.17) is 18.0 Å². The molecule has 0 radical (unpaired) electrons. The molecule has 1 aromatic rings. The van der Waals surface area contributed by atoms with Crippen molar-refractivity contribution in [2.24, 2.45) is 5.73 Å². The first kappa shape index (κ1) is 13.8. The zero-order valence-corrected chi connectivity index (χ0v) is 11.8. The summed E-state index contributed by atoms with van der Waals surface area (Å²) in [5.74, 6) is 0. The predicted octanol–water partition coefficient (Wildman–Crippen LogP) is 2.81. The minimum Gasteiger partial charge on any atom is -0.376 e. The number of nitrogens with one attached hydrogen (secondary N) is 1. The van der Waals surface area contributed by atoms with Crippen LogP contribution in [-0.4, -0.2) is 18.2 Å². The second-order valence-electron chi connectivity index (χ2n) is 4.12. The maximum atomic E-state index is 5.50. The lowest BCUT2D eigenvalue weighted by atomic mass is 10.1. The number of nitrogens with two attached hydrogens (primary N) is 1. The maximum Gasteiger partial charge on any atom is 0.168 e. The molecule has 1 aromatic carbocycles. The molecular weight excluding hydrogens is 230 g/mol. The van der Waals surface area contributed by atoms with Gasteiger partial charge in [-0.05, 0) is 63.2 Å². The molecule has 0 aromatic heterocycles. The van der Waals surface area contributed by atoms with Gasteiger partial charge in [0.25, 0.3) is 0 Å². The van der Waals surface area contributed by atoms with Gasteiger partial charge >= 0.3 is 0 Å². The highest BCUT2D eigenvalue weighted by Crippen LogP contribution is 2.27. The Bertz CT molecular complexity index is 411. The van der Waals surface area contributed by atoms with Crippen molar-refractivity contribution < 1.29 is 0 Å². The van der Waals surface area contributed by atoms with Crippen molar-refractivity contribution in [1.29, 1.82) is 0 Å². The molecule has 0 spiro atoms. The topological polar surface area (TPSA) is 41.3 Å². The van der Waals surface area contributed by atoms with E-state index in [0.717, 1.165) is 24.3 Å². The Morgan fingerprint density at radius 2 is 1.82 bits per heavy atom. The highest BCUT2D eigenvalue weighted by Gasteiger charge is 2.09. The van der Waals surface area contributed by atoms with Crippen molar-refractivity contribution in [1.82, 2.24) is 0 Å². The average Bonchev–Trinajstić information content (AvgIpc) is 2.25. The summed E-state index contributed by atoms with van der Waals surface area (Å²) >= 11 is 4.87. The summed E-state index contributed by atoms with van der Waals surface area (Å²) in [6.45, 7) is 10.5. The SMILES string of the molecule is CCN(CC)c1cc(C)c(NC(N)=S)cc1C. The Morgan fingerprint density at radius 1 is 1.24 bits per heavy atom. The second-order valence-corrected chi connectivity index (χ2v) is 4.55. The van der Waals surface area contributed by atoms with Gasteiger partial charge in [0.2, 0.25) is 0 Å². The van der Waals surface area contributed by atoms with E-state index in [1.165, 1.54) is 11.3 Å². The molecule has 0 aliphatic carbocycles. The first-order valence-electron chi connectivity index (χ1n) is 5.92. The van der Waals surface area contributed by atoms with Crippen LogP contribution in [0.3, 0.4) is 0 Å². The molecule has 0 atom stereocenters. The van der Waals surface area contributed by atoms with Crippen LogP contribution in [0.4, 0.5) is 11.4 Å². The van der Waals surface area contributed by atoms with Gasteiger partial charge in [-0.15, -0.1) is 0 Å². The van der Waals surface area contributed by atoms with Crippen LogP contribution in [-0.2, 0) is 0 Å². The number of anilines is 2. The zero-order chi connectivity index (χ0) is 13.0. The molecule has 94 valence electrons. The van der Waals surface area contributed by atoms with E-state index in [1.54, 1.807) is 0 Å². The van der Waals surface area contributed by atoms with E-state index in [9.17, 15) is 0 Å². The number of rotatable bonds is 4. The number of thiocarbonyl (C=S) groups is 1. The van der Waals surface area contributed by atoms with Gasteiger partial charge in [-0.3, -0.25) is 0 Å². The fourth-order valence-electron chi connectivity index (χ4n) is 1.97. The van der Waals surface area contributed by atoms with Gasteiger partial charge in [-0.2, -0.15) is 0 Å². The number of benzene rings is 1. The summed E-state index contributed by atoms with van der Waals surface area (Å²) < 4.78 is 0. The van der Waals surface area contributed by atoms with Crippen molar-refractivity contribution in [3.63, 3.8) is 0 Å². The van der Waals surface area contributed by atoms with Gasteiger partial charge in [-0.25, -0.2) is 0 Å². The van der Waals surface area contributed by atoms with Gasteiger partial charge in [0.15, 0.2) is 5.11 Å². The Hall–Kier alpha value is -1.29. The van der Waals surface area contributed by atoms with Gasteiger partial charge < -0.3 is 16.0 Å². The van der Waals surface area contributed by atoms with E-state index in [0.29, 0.717) is 5.11 Å². The molecule has 3 N–H and O–H groups in total. The largest absolute Gasteiger partial charge is 0.376 e. The molecule has 0 aliphatic rings. The molecule has 17 heavy (non-hydrogen) atoms. The molecule has 1 rings (SSSR count). The van der Waals surface area contributed by atoms with E-state index >= 15 is 0 Å². The Kier molecular flexibility index (Phi) is 4.75. The fraction of sp³-hybridized carbons (Fsp3) is 0.462. The van der Waals surface area contributed by atoms with Gasteiger partial charge in [0.1, 0.15) is 0 Å². The lowest BCUT2D eigenvalue weighted by molar-refractivity contribution is 0.861. The molecule has 0 saturated heterocycles. The Balaban J connectivity index is 3.12. The van der Waals surface area contributed by atoms with Gasteiger partial charge in [-0.1, -0.05) is 0 Å². The summed E-state index contributed by atoms with van der Waals surface area (Å²) in [4.78, 5) is 2.34. The summed E-state index contributed by atoms with van der Waals surface area (Å²) in [6.07, 6.45) is 0. The lowest BCUT2D eigenvalue weighted by Crippen LogP contribution is -2.23. The van der Waals surface area contributed by atoms with E-state index < -0.39 is 0 Å². The summed E-state index contributed by atoms with van der Waals surface area (Å²) in [7, 11) is 0. The first-order chi connectivity index (χ1) is 7.99. The van der Waals surface area contributed by atoms with Gasteiger partial charge in [0.05, 0.1) is 0 Å². The lowest BCUT2D eigenvalue weighted by Gasteiger charge is -2.24. The molecule has 0 heterocycles. The van der Waals surface area contributed by atoms with Crippen LogP contribution in [0.15, 0.2) is 12.1 Å². The molecule has 0 aliphatic heterocycles. The summed E-state index contributed by atoms with van der Waals surface area (Å²) in [6, 6.07) is 4.28. The summed E-state index contributed by atoms with van der Waals surface area (Å²) in [5.41, 5.74) is 10.2. The average molecular weight is 251 g/mol. The number of hydrogen-bond acceptors (Lipinski definition) is 2.